The van der Waals surface area contributed by atoms with Crippen LogP contribution in [0.4, 0.5) is 14.5 Å². The van der Waals surface area contributed by atoms with Gasteiger partial charge in [0, 0.05) is 11.6 Å². The molecule has 0 aliphatic rings. The number of Topliss-reactive ketones (excluding diaryl/α,β-unsaturated/α-hetero) is 1. The molecule has 0 fully saturated rings. The van der Waals surface area contributed by atoms with Crippen molar-refractivity contribution in [1.29, 1.82) is 0 Å². The normalized spacial score (nSPS) is 10.2. The van der Waals surface area contributed by atoms with Gasteiger partial charge in [-0.15, -0.1) is 0 Å². The molecule has 0 spiro atoms. The fourth-order valence-electron chi connectivity index (χ4n) is 2.14. The number of nitro groups is 1. The van der Waals surface area contributed by atoms with Crippen LogP contribution in [0.1, 0.15) is 20.7 Å². The Kier molecular flexibility index (Phi) is 6.01. The maximum Gasteiger partial charge on any atom is 0.345 e. The lowest BCUT2D eigenvalue weighted by Gasteiger charge is -2.10. The first kappa shape index (κ1) is 19.8. The molecule has 0 bridgehead atoms. The second kappa shape index (κ2) is 8.21. The van der Waals surface area contributed by atoms with Crippen LogP contribution < -0.4 is 9.47 Å². The van der Waals surface area contributed by atoms with Gasteiger partial charge in [0.15, 0.2) is 35.5 Å². The lowest BCUT2D eigenvalue weighted by atomic mass is 10.1. The molecule has 0 heterocycles. The molecule has 2 rings (SSSR count). The number of ether oxygens (including phenoxy) is 3. The van der Waals surface area contributed by atoms with Gasteiger partial charge in [0.2, 0.25) is 0 Å². The molecule has 10 heteroatoms. The van der Waals surface area contributed by atoms with Crippen LogP contribution >= 0.6 is 0 Å². The molecule has 0 atom stereocenters. The fraction of sp³-hybridized carbons (Fsp3) is 0.176. The van der Waals surface area contributed by atoms with Crippen LogP contribution in [0.2, 0.25) is 0 Å². The van der Waals surface area contributed by atoms with Crippen molar-refractivity contribution in [2.75, 3.05) is 20.8 Å². The average Bonchev–Trinajstić information content (AvgIpc) is 2.66. The molecule has 142 valence electrons. The summed E-state index contributed by atoms with van der Waals surface area (Å²) in [5, 5.41) is 11.2. The number of esters is 1. The van der Waals surface area contributed by atoms with Crippen molar-refractivity contribution in [3.8, 4) is 11.5 Å². The molecule has 8 nitrogen and oxygen atoms in total. The van der Waals surface area contributed by atoms with Gasteiger partial charge in [-0.25, -0.2) is 13.6 Å². The molecule has 0 N–H and O–H groups in total. The number of carbonyl (C=O) groups is 2. The SMILES string of the molecule is COc1cc(C(=O)OCC(=O)c2ccc(F)c(F)c2)c([N+](=O)[O-])cc1OC. The Bertz CT molecular complexity index is 914. The molecule has 0 aliphatic heterocycles. The first-order valence-corrected chi connectivity index (χ1v) is 7.34. The number of ketones is 1. The summed E-state index contributed by atoms with van der Waals surface area (Å²) in [5.41, 5.74) is -1.29. The zero-order chi connectivity index (χ0) is 20.1. The van der Waals surface area contributed by atoms with Gasteiger partial charge in [0.05, 0.1) is 25.2 Å². The van der Waals surface area contributed by atoms with Gasteiger partial charge in [-0.1, -0.05) is 0 Å². The molecule has 2 aromatic rings. The van der Waals surface area contributed by atoms with Gasteiger partial charge in [-0.3, -0.25) is 14.9 Å². The molecule has 0 saturated heterocycles. The Balaban J connectivity index is 2.23. The summed E-state index contributed by atoms with van der Waals surface area (Å²) in [5.74, 6) is -4.28. The van der Waals surface area contributed by atoms with Crippen molar-refractivity contribution in [2.45, 2.75) is 0 Å². The van der Waals surface area contributed by atoms with Crippen molar-refractivity contribution >= 4 is 17.4 Å². The molecule has 0 amide bonds. The highest BCUT2D eigenvalue weighted by atomic mass is 19.2. The van der Waals surface area contributed by atoms with Crippen LogP contribution in [0.5, 0.6) is 11.5 Å². The number of rotatable bonds is 7. The Morgan fingerprint density at radius 3 is 2.22 bits per heavy atom. The van der Waals surface area contributed by atoms with E-state index in [1.54, 1.807) is 0 Å². The smallest absolute Gasteiger partial charge is 0.345 e. The lowest BCUT2D eigenvalue weighted by molar-refractivity contribution is -0.385. The predicted octanol–water partition coefficient (Wildman–Crippen LogP) is 2.93. The van der Waals surface area contributed by atoms with Gasteiger partial charge in [-0.2, -0.15) is 0 Å². The molecule has 2 aromatic carbocycles. The number of halogens is 2. The van der Waals surface area contributed by atoms with Gasteiger partial charge in [0.25, 0.3) is 5.69 Å². The van der Waals surface area contributed by atoms with Gasteiger partial charge in [-0.05, 0) is 18.2 Å². The maximum atomic E-state index is 13.2. The van der Waals surface area contributed by atoms with Gasteiger partial charge >= 0.3 is 5.97 Å². The zero-order valence-corrected chi connectivity index (χ0v) is 14.2. The lowest BCUT2D eigenvalue weighted by Crippen LogP contribution is -2.16. The molecule has 0 radical (unpaired) electrons. The first-order valence-electron chi connectivity index (χ1n) is 7.34. The highest BCUT2D eigenvalue weighted by molar-refractivity contribution is 6.00. The number of nitro benzene ring substituents is 1. The van der Waals surface area contributed by atoms with E-state index in [4.69, 9.17) is 14.2 Å². The molecule has 27 heavy (non-hydrogen) atoms. The largest absolute Gasteiger partial charge is 0.493 e. The van der Waals surface area contributed by atoms with E-state index in [1.165, 1.54) is 14.2 Å². The highest BCUT2D eigenvalue weighted by Gasteiger charge is 2.26. The monoisotopic (exact) mass is 381 g/mol. The summed E-state index contributed by atoms with van der Waals surface area (Å²) in [6.07, 6.45) is 0. The van der Waals surface area contributed by atoms with Crippen molar-refractivity contribution in [3.05, 3.63) is 63.2 Å². The zero-order valence-electron chi connectivity index (χ0n) is 14.2. The van der Waals surface area contributed by atoms with Crippen molar-refractivity contribution in [3.63, 3.8) is 0 Å². The Morgan fingerprint density at radius 2 is 1.67 bits per heavy atom. The summed E-state index contributed by atoms with van der Waals surface area (Å²) >= 11 is 0. The van der Waals surface area contributed by atoms with Crippen LogP contribution in [0, 0.1) is 21.7 Å². The van der Waals surface area contributed by atoms with Crippen molar-refractivity contribution in [1.82, 2.24) is 0 Å². The second-order valence-electron chi connectivity index (χ2n) is 5.11. The van der Waals surface area contributed by atoms with Gasteiger partial charge < -0.3 is 14.2 Å². The standard InChI is InChI=1S/C17H13F2NO7/c1-25-15-6-10(13(20(23)24)7-16(15)26-2)17(22)27-8-14(21)9-3-4-11(18)12(19)5-9/h3-7H,8H2,1-2H3. The summed E-state index contributed by atoms with van der Waals surface area (Å²) < 4.78 is 40.7. The number of benzene rings is 2. The third kappa shape index (κ3) is 4.35. The second-order valence-corrected chi connectivity index (χ2v) is 5.11. The number of methoxy groups -OCH3 is 2. The van der Waals surface area contributed by atoms with E-state index >= 15 is 0 Å². The topological polar surface area (TPSA) is 105 Å². The Morgan fingerprint density at radius 1 is 1.04 bits per heavy atom. The number of carbonyl (C=O) groups excluding carboxylic acids is 2. The quantitative estimate of drug-likeness (QED) is 0.314. The fourth-order valence-corrected chi connectivity index (χ4v) is 2.14. The minimum absolute atomic E-state index is 0.0265. The van der Waals surface area contributed by atoms with E-state index < -0.39 is 46.2 Å². The van der Waals surface area contributed by atoms with Crippen LogP contribution in [0.3, 0.4) is 0 Å². The van der Waals surface area contributed by atoms with E-state index in [0.717, 1.165) is 24.3 Å². The average molecular weight is 381 g/mol. The van der Waals surface area contributed by atoms with E-state index in [9.17, 15) is 28.5 Å². The molecule has 0 saturated carbocycles. The highest BCUT2D eigenvalue weighted by Crippen LogP contribution is 2.34. The van der Waals surface area contributed by atoms with E-state index in [1.807, 2.05) is 0 Å². The summed E-state index contributed by atoms with van der Waals surface area (Å²) in [7, 11) is 2.53. The van der Waals surface area contributed by atoms with Crippen LogP contribution in [-0.4, -0.2) is 37.5 Å². The molecule has 0 aliphatic carbocycles. The Hall–Kier alpha value is -3.56. The molecular weight excluding hydrogens is 368 g/mol. The predicted molar refractivity (Wildman–Crippen MR) is 87.2 cm³/mol. The Labute approximate surface area is 151 Å². The first-order chi connectivity index (χ1) is 12.8. The van der Waals surface area contributed by atoms with E-state index in [-0.39, 0.29) is 17.1 Å². The van der Waals surface area contributed by atoms with E-state index in [2.05, 4.69) is 0 Å². The van der Waals surface area contributed by atoms with Crippen LogP contribution in [-0.2, 0) is 4.74 Å². The maximum absolute atomic E-state index is 13.2. The molecule has 0 unspecified atom stereocenters. The summed E-state index contributed by atoms with van der Waals surface area (Å²) in [6, 6.07) is 4.45. The molecule has 0 aromatic heterocycles. The third-order valence-electron chi connectivity index (χ3n) is 3.49. The van der Waals surface area contributed by atoms with Crippen LogP contribution in [0.15, 0.2) is 30.3 Å². The van der Waals surface area contributed by atoms with Crippen LogP contribution in [0.25, 0.3) is 0 Å². The van der Waals surface area contributed by atoms with Crippen molar-refractivity contribution in [2.24, 2.45) is 0 Å². The van der Waals surface area contributed by atoms with Crippen molar-refractivity contribution < 1.29 is 37.5 Å². The molecular formula is C17H13F2NO7. The summed E-state index contributed by atoms with van der Waals surface area (Å²) in [4.78, 5) is 34.5. The minimum Gasteiger partial charge on any atom is -0.493 e. The third-order valence-corrected chi connectivity index (χ3v) is 3.49. The van der Waals surface area contributed by atoms with Gasteiger partial charge in [0.1, 0.15) is 5.56 Å². The number of nitrogens with zero attached hydrogens (tertiary/aromatic N) is 1. The minimum atomic E-state index is -1.23. The number of hydrogen-bond donors (Lipinski definition) is 0. The summed E-state index contributed by atoms with van der Waals surface area (Å²) in [6.45, 7) is -0.824. The van der Waals surface area contributed by atoms with E-state index in [0.29, 0.717) is 6.07 Å². The number of hydrogen-bond acceptors (Lipinski definition) is 7.